The van der Waals surface area contributed by atoms with Gasteiger partial charge in [0.15, 0.2) is 0 Å². The van der Waals surface area contributed by atoms with Crippen molar-refractivity contribution >= 4 is 18.5 Å². The van der Waals surface area contributed by atoms with Crippen LogP contribution in [0.15, 0.2) is 0 Å². The van der Waals surface area contributed by atoms with E-state index in [1.807, 2.05) is 0 Å². The highest BCUT2D eigenvalue weighted by Gasteiger charge is 1.80. The third-order valence-corrected chi connectivity index (χ3v) is 0.431. The van der Waals surface area contributed by atoms with Crippen molar-refractivity contribution < 1.29 is 4.79 Å². The Kier molecular flexibility index (Phi) is 2.01. The van der Waals surface area contributed by atoms with Gasteiger partial charge in [-0.1, -0.05) is 0 Å². The number of nitrogens with one attached hydrogen (secondary N) is 1. The van der Waals surface area contributed by atoms with E-state index >= 15 is 0 Å². The van der Waals surface area contributed by atoms with Gasteiger partial charge in [0.1, 0.15) is 0 Å². The summed E-state index contributed by atoms with van der Waals surface area (Å²) in [5.41, 5.74) is 6.11. The van der Waals surface area contributed by atoms with Gasteiger partial charge in [0.25, 0.3) is 0 Å². The molecule has 1 amide bonds. The molecule has 0 aromatic carbocycles. The Balaban J connectivity index is 2.85. The van der Waals surface area contributed by atoms with E-state index in [1.165, 1.54) is 0 Å². The summed E-state index contributed by atoms with van der Waals surface area (Å²) in [5, 5.41) is 0. The van der Waals surface area contributed by atoms with Gasteiger partial charge in [0.05, 0.1) is 5.75 Å². The van der Waals surface area contributed by atoms with Crippen LogP contribution in [0.1, 0.15) is 0 Å². The van der Waals surface area contributed by atoms with Crippen molar-refractivity contribution in [2.24, 2.45) is 0 Å². The molecule has 29 valence electrons. The highest BCUT2D eigenvalue weighted by Crippen LogP contribution is 1.65. The number of hydrogen-bond donors (Lipinski definition) is 1. The fourth-order valence-corrected chi connectivity index (χ4v) is 0. The standard InChI is InChI=1S/C2H4NOS/c3-2(4)1-5/h3,5H,1H2. The normalized spacial score (nSPS) is 7.40. The summed E-state index contributed by atoms with van der Waals surface area (Å²) in [6, 6.07) is 0. The first kappa shape index (κ1) is 4.82. The quantitative estimate of drug-likeness (QED) is 0.442. The Hall–Kier alpha value is -0.180. The zero-order chi connectivity index (χ0) is 4.28. The van der Waals surface area contributed by atoms with Crippen LogP contribution in [-0.4, -0.2) is 11.7 Å². The number of thiol groups is 1. The summed E-state index contributed by atoms with van der Waals surface area (Å²) in [6.07, 6.45) is 0. The molecule has 1 N–H and O–H groups in total. The van der Waals surface area contributed by atoms with E-state index in [-0.39, 0.29) is 5.75 Å². The van der Waals surface area contributed by atoms with Gasteiger partial charge >= 0.3 is 0 Å². The topological polar surface area (TPSA) is 40.9 Å². The maximum absolute atomic E-state index is 9.40. The Morgan fingerprint density at radius 3 is 2.20 bits per heavy atom. The van der Waals surface area contributed by atoms with E-state index in [1.54, 1.807) is 0 Å². The lowest BCUT2D eigenvalue weighted by Crippen LogP contribution is -1.96. The molecule has 0 heterocycles. The van der Waals surface area contributed by atoms with E-state index < -0.39 is 5.91 Å². The fourth-order valence-electron chi connectivity index (χ4n) is 0. The molecule has 0 unspecified atom stereocenters. The summed E-state index contributed by atoms with van der Waals surface area (Å²) in [5.74, 6) is -0.603. The molecule has 0 aromatic heterocycles. The first-order chi connectivity index (χ1) is 2.27. The van der Waals surface area contributed by atoms with Crippen LogP contribution >= 0.6 is 12.6 Å². The molecule has 0 saturated carbocycles. The zero-order valence-corrected chi connectivity index (χ0v) is 3.46. The Morgan fingerprint density at radius 1 is 2.00 bits per heavy atom. The van der Waals surface area contributed by atoms with Crippen LogP contribution in [0, 0.1) is 0 Å². The second kappa shape index (κ2) is 2.08. The van der Waals surface area contributed by atoms with Gasteiger partial charge in [-0.3, -0.25) is 10.5 Å². The van der Waals surface area contributed by atoms with E-state index in [9.17, 15) is 4.79 Å². The molecule has 5 heavy (non-hydrogen) atoms. The first-order valence-electron chi connectivity index (χ1n) is 1.12. The Morgan fingerprint density at radius 2 is 2.20 bits per heavy atom. The molecule has 0 aliphatic carbocycles. The zero-order valence-electron chi connectivity index (χ0n) is 2.56. The minimum atomic E-state index is -0.631. The molecule has 0 atom stereocenters. The molecule has 0 saturated heterocycles. The van der Waals surface area contributed by atoms with Crippen LogP contribution in [0.4, 0.5) is 0 Å². The second-order valence-electron chi connectivity index (χ2n) is 0.581. The number of amides is 1. The van der Waals surface area contributed by atoms with Gasteiger partial charge in [-0.05, 0) is 0 Å². The molecule has 0 bridgehead atoms. The lowest BCUT2D eigenvalue weighted by molar-refractivity contribution is -0.116. The number of hydrogen-bond acceptors (Lipinski definition) is 2. The van der Waals surface area contributed by atoms with Crippen molar-refractivity contribution in [3.63, 3.8) is 0 Å². The van der Waals surface area contributed by atoms with E-state index in [2.05, 4.69) is 12.6 Å². The average Bonchev–Trinajstić information content (AvgIpc) is 1.38. The van der Waals surface area contributed by atoms with Gasteiger partial charge in [0, 0.05) is 0 Å². The lowest BCUT2D eigenvalue weighted by Gasteiger charge is -1.70. The summed E-state index contributed by atoms with van der Waals surface area (Å²) in [7, 11) is 0. The Labute approximate surface area is 35.8 Å². The monoisotopic (exact) mass is 90.0 g/mol. The molecule has 2 nitrogen and oxygen atoms in total. The number of rotatable bonds is 1. The van der Waals surface area contributed by atoms with Crippen LogP contribution in [0.3, 0.4) is 0 Å². The summed E-state index contributed by atoms with van der Waals surface area (Å²) >= 11 is 3.48. The molecular formula is C2H4NOS. The average molecular weight is 90.1 g/mol. The van der Waals surface area contributed by atoms with E-state index in [0.717, 1.165) is 0 Å². The predicted octanol–water partition coefficient (Wildman–Crippen LogP) is -0.274. The third-order valence-electron chi connectivity index (χ3n) is 0.144. The molecule has 1 radical (unpaired) electrons. The first-order valence-corrected chi connectivity index (χ1v) is 1.76. The second-order valence-corrected chi connectivity index (χ2v) is 0.898. The highest BCUT2D eigenvalue weighted by atomic mass is 32.1. The van der Waals surface area contributed by atoms with Crippen molar-refractivity contribution in [2.75, 3.05) is 5.75 Å². The Bertz CT molecular complexity index is 44.9. The third kappa shape index (κ3) is 3.82. The minimum absolute atomic E-state index is 0.0278. The van der Waals surface area contributed by atoms with E-state index in [4.69, 9.17) is 5.73 Å². The minimum Gasteiger partial charge on any atom is -0.272 e. The van der Waals surface area contributed by atoms with Gasteiger partial charge in [-0.15, -0.1) is 0 Å². The van der Waals surface area contributed by atoms with Crippen molar-refractivity contribution in [2.45, 2.75) is 0 Å². The predicted molar refractivity (Wildman–Crippen MR) is 22.0 cm³/mol. The molecule has 0 fully saturated rings. The van der Waals surface area contributed by atoms with Gasteiger partial charge in [-0.2, -0.15) is 12.6 Å². The molecule has 0 aliphatic heterocycles. The van der Waals surface area contributed by atoms with Gasteiger partial charge < -0.3 is 0 Å². The van der Waals surface area contributed by atoms with Crippen molar-refractivity contribution in [1.82, 2.24) is 5.73 Å². The molecule has 0 aliphatic rings. The molecule has 3 heteroatoms. The molecule has 0 rings (SSSR count). The molecular weight excluding hydrogens is 86.1 g/mol. The van der Waals surface area contributed by atoms with Crippen LogP contribution in [-0.2, 0) is 4.79 Å². The summed E-state index contributed by atoms with van der Waals surface area (Å²) in [4.78, 5) is 9.40. The largest absolute Gasteiger partial charge is 0.272 e. The van der Waals surface area contributed by atoms with Crippen LogP contribution < -0.4 is 5.73 Å². The van der Waals surface area contributed by atoms with Crippen molar-refractivity contribution in [3.05, 3.63) is 0 Å². The maximum Gasteiger partial charge on any atom is 0.248 e. The van der Waals surface area contributed by atoms with Crippen molar-refractivity contribution in [3.8, 4) is 0 Å². The SMILES string of the molecule is [NH]C(=O)CS. The van der Waals surface area contributed by atoms with Crippen LogP contribution in [0.25, 0.3) is 0 Å². The smallest absolute Gasteiger partial charge is 0.248 e. The lowest BCUT2D eigenvalue weighted by atomic mass is 10.8. The highest BCUT2D eigenvalue weighted by molar-refractivity contribution is 7.81. The van der Waals surface area contributed by atoms with Crippen LogP contribution in [0.2, 0.25) is 0 Å². The molecule has 0 aromatic rings. The molecule has 0 spiro atoms. The van der Waals surface area contributed by atoms with Gasteiger partial charge in [0.2, 0.25) is 5.91 Å². The van der Waals surface area contributed by atoms with Crippen LogP contribution in [0.5, 0.6) is 0 Å². The van der Waals surface area contributed by atoms with Gasteiger partial charge in [-0.25, -0.2) is 0 Å². The number of carbonyl (C=O) groups excluding carboxylic acids is 1. The number of carbonyl (C=O) groups is 1. The maximum atomic E-state index is 9.40. The summed E-state index contributed by atoms with van der Waals surface area (Å²) in [6.45, 7) is 0. The van der Waals surface area contributed by atoms with Crippen molar-refractivity contribution in [1.29, 1.82) is 0 Å². The summed E-state index contributed by atoms with van der Waals surface area (Å²) < 4.78 is 0. The van der Waals surface area contributed by atoms with E-state index in [0.29, 0.717) is 0 Å². The fraction of sp³-hybridized carbons (Fsp3) is 0.500.